The first-order valence-corrected chi connectivity index (χ1v) is 15.3. The van der Waals surface area contributed by atoms with Gasteiger partial charge in [-0.3, -0.25) is 9.59 Å². The number of fused-ring (bicyclic) bond motifs is 7. The number of rotatable bonds is 7. The minimum absolute atomic E-state index is 0.0314. The summed E-state index contributed by atoms with van der Waals surface area (Å²) >= 11 is 0. The Morgan fingerprint density at radius 1 is 1.18 bits per heavy atom. The monoisotopic (exact) mass is 529 g/mol. The van der Waals surface area contributed by atoms with Crippen LogP contribution in [0.3, 0.4) is 0 Å². The van der Waals surface area contributed by atoms with E-state index in [0.29, 0.717) is 36.1 Å². The van der Waals surface area contributed by atoms with E-state index in [9.17, 15) is 9.59 Å². The molecule has 1 heterocycles. The fourth-order valence-electron chi connectivity index (χ4n) is 10.1. The lowest BCUT2D eigenvalue weighted by Crippen LogP contribution is -2.52. The van der Waals surface area contributed by atoms with Crippen molar-refractivity contribution in [1.82, 2.24) is 5.32 Å². The van der Waals surface area contributed by atoms with Crippen molar-refractivity contribution in [2.24, 2.45) is 46.3 Å². The van der Waals surface area contributed by atoms with Crippen LogP contribution in [0.1, 0.15) is 99.3 Å². The molecule has 0 aromatic heterocycles. The summed E-state index contributed by atoms with van der Waals surface area (Å²) in [6, 6.07) is 0. The van der Waals surface area contributed by atoms with Crippen molar-refractivity contribution < 1.29 is 23.8 Å². The molecule has 1 saturated heterocycles. The molecule has 6 heteroatoms. The van der Waals surface area contributed by atoms with Crippen LogP contribution >= 0.6 is 0 Å². The minimum Gasteiger partial charge on any atom is -0.462 e. The summed E-state index contributed by atoms with van der Waals surface area (Å²) in [4.78, 5) is 22.9. The van der Waals surface area contributed by atoms with Crippen molar-refractivity contribution in [3.63, 3.8) is 0 Å². The first kappa shape index (κ1) is 28.1. The number of carbonyl (C=O) groups is 2. The molecule has 1 amide bonds. The number of allylic oxidation sites excluding steroid dienone is 1. The minimum atomic E-state index is -0.522. The molecule has 38 heavy (non-hydrogen) atoms. The number of ether oxygens (including phenoxy) is 3. The molecule has 3 saturated carbocycles. The predicted octanol–water partition coefficient (Wildman–Crippen LogP) is 6.04. The molecule has 6 nitrogen and oxygen atoms in total. The summed E-state index contributed by atoms with van der Waals surface area (Å²) in [5.41, 5.74) is 2.07. The SMILES string of the molecule is CO[C@]1(CC[C@@H](C)CNC(C)=O)O[C@@H]2C[C@H]3[C@H]4CC=C5C[C@H](OC(C)=O)CC[C@]5(C)[C@@H]4CC[C@]3(C)[C@H]2[C@@H]1C. The summed E-state index contributed by atoms with van der Waals surface area (Å²) < 4.78 is 18.8. The van der Waals surface area contributed by atoms with Gasteiger partial charge in [-0.25, -0.2) is 0 Å². The molecule has 4 aliphatic carbocycles. The summed E-state index contributed by atoms with van der Waals surface area (Å²) in [6.07, 6.45) is 12.6. The number of hydrogen-bond donors (Lipinski definition) is 1. The Morgan fingerprint density at radius 3 is 2.63 bits per heavy atom. The second-order valence-electron chi connectivity index (χ2n) is 14.1. The van der Waals surface area contributed by atoms with Gasteiger partial charge in [0.05, 0.1) is 6.10 Å². The largest absolute Gasteiger partial charge is 0.462 e. The van der Waals surface area contributed by atoms with Gasteiger partial charge in [-0.15, -0.1) is 0 Å². The van der Waals surface area contributed by atoms with Gasteiger partial charge in [-0.1, -0.05) is 39.3 Å². The third kappa shape index (κ3) is 4.56. The van der Waals surface area contributed by atoms with Crippen molar-refractivity contribution in [2.75, 3.05) is 13.7 Å². The second kappa shape index (κ2) is 10.2. The van der Waals surface area contributed by atoms with Crippen LogP contribution in [0.2, 0.25) is 0 Å². The molecule has 0 radical (unpaired) electrons. The Balaban J connectivity index is 1.30. The summed E-state index contributed by atoms with van der Waals surface area (Å²) in [7, 11) is 1.83. The maximum absolute atomic E-state index is 11.6. The van der Waals surface area contributed by atoms with Crippen LogP contribution in [0.5, 0.6) is 0 Å². The van der Waals surface area contributed by atoms with Crippen LogP contribution in [-0.4, -0.2) is 43.5 Å². The number of methoxy groups -OCH3 is 1. The average molecular weight is 530 g/mol. The molecule has 0 spiro atoms. The normalized spacial score (nSPS) is 46.2. The summed E-state index contributed by atoms with van der Waals surface area (Å²) in [5.74, 6) is 2.74. The number of nitrogens with one attached hydrogen (secondary N) is 1. The maximum atomic E-state index is 11.6. The van der Waals surface area contributed by atoms with Gasteiger partial charge in [0, 0.05) is 46.3 Å². The molecule has 0 aromatic rings. The molecule has 0 aromatic carbocycles. The van der Waals surface area contributed by atoms with Crippen LogP contribution in [-0.2, 0) is 23.8 Å². The molecule has 0 unspecified atom stereocenters. The third-order valence-electron chi connectivity index (χ3n) is 12.1. The lowest BCUT2D eigenvalue weighted by molar-refractivity contribution is -0.238. The fourth-order valence-corrected chi connectivity index (χ4v) is 10.1. The van der Waals surface area contributed by atoms with E-state index in [1.165, 1.54) is 19.8 Å². The fraction of sp³-hybridized carbons (Fsp3) is 0.875. The van der Waals surface area contributed by atoms with E-state index in [0.717, 1.165) is 50.9 Å². The van der Waals surface area contributed by atoms with Gasteiger partial charge in [0.15, 0.2) is 5.79 Å². The highest BCUT2D eigenvalue weighted by Gasteiger charge is 2.68. The molecule has 5 aliphatic rings. The lowest BCUT2D eigenvalue weighted by Gasteiger charge is -2.58. The molecule has 5 rings (SSSR count). The van der Waals surface area contributed by atoms with E-state index in [4.69, 9.17) is 14.2 Å². The molecular weight excluding hydrogens is 478 g/mol. The zero-order valence-corrected chi connectivity index (χ0v) is 24.8. The molecule has 1 N–H and O–H groups in total. The van der Waals surface area contributed by atoms with Gasteiger partial charge < -0.3 is 19.5 Å². The van der Waals surface area contributed by atoms with Crippen molar-refractivity contribution in [1.29, 1.82) is 0 Å². The van der Waals surface area contributed by atoms with Crippen molar-refractivity contribution >= 4 is 11.9 Å². The Morgan fingerprint density at radius 2 is 1.95 bits per heavy atom. The van der Waals surface area contributed by atoms with Crippen LogP contribution in [0.25, 0.3) is 0 Å². The topological polar surface area (TPSA) is 73.9 Å². The van der Waals surface area contributed by atoms with Gasteiger partial charge >= 0.3 is 5.97 Å². The van der Waals surface area contributed by atoms with Gasteiger partial charge in [-0.05, 0) is 85.4 Å². The smallest absolute Gasteiger partial charge is 0.302 e. The zero-order valence-electron chi connectivity index (χ0n) is 24.8. The number of amides is 1. The lowest BCUT2D eigenvalue weighted by atomic mass is 9.47. The van der Waals surface area contributed by atoms with Crippen molar-refractivity contribution in [2.45, 2.75) is 117 Å². The molecule has 0 bridgehead atoms. The molecule has 11 atom stereocenters. The summed E-state index contributed by atoms with van der Waals surface area (Å²) in [5, 5.41) is 2.96. The quantitative estimate of drug-likeness (QED) is 0.322. The molecule has 1 aliphatic heterocycles. The van der Waals surface area contributed by atoms with E-state index in [2.05, 4.69) is 39.1 Å². The van der Waals surface area contributed by atoms with E-state index < -0.39 is 5.79 Å². The van der Waals surface area contributed by atoms with Crippen LogP contribution in [0, 0.1) is 46.3 Å². The van der Waals surface area contributed by atoms with Gasteiger partial charge in [0.25, 0.3) is 0 Å². The maximum Gasteiger partial charge on any atom is 0.302 e. The highest BCUT2D eigenvalue weighted by atomic mass is 16.7. The van der Waals surface area contributed by atoms with E-state index >= 15 is 0 Å². The van der Waals surface area contributed by atoms with E-state index in [-0.39, 0.29) is 34.9 Å². The zero-order chi connectivity index (χ0) is 27.5. The third-order valence-corrected chi connectivity index (χ3v) is 12.1. The van der Waals surface area contributed by atoms with Gasteiger partial charge in [-0.2, -0.15) is 0 Å². The number of carbonyl (C=O) groups excluding carboxylic acids is 2. The Kier molecular flexibility index (Phi) is 7.56. The standard InChI is InChI=1S/C32H51NO5/c1-19(18-33-21(3)34)10-15-32(36-7)20(2)29-28(38-32)17-27-25-9-8-23-16-24(37-22(4)35)11-13-30(23,5)26(25)12-14-31(27,29)6/h8,19-20,24-29H,9-18H2,1-7H3,(H,33,34)/t19-,20+,24-,25+,26-,27+,28-,29+,30+,31+,32-/m1/s1. The molecule has 214 valence electrons. The molecular formula is C32H51NO5. The van der Waals surface area contributed by atoms with Gasteiger partial charge in [0.2, 0.25) is 5.91 Å². The van der Waals surface area contributed by atoms with Crippen molar-refractivity contribution in [3.8, 4) is 0 Å². The second-order valence-corrected chi connectivity index (χ2v) is 14.1. The number of hydrogen-bond acceptors (Lipinski definition) is 5. The highest BCUT2D eigenvalue weighted by molar-refractivity contribution is 5.72. The van der Waals surface area contributed by atoms with Crippen LogP contribution in [0.4, 0.5) is 0 Å². The van der Waals surface area contributed by atoms with E-state index in [1.807, 2.05) is 7.11 Å². The van der Waals surface area contributed by atoms with Crippen LogP contribution in [0.15, 0.2) is 11.6 Å². The first-order chi connectivity index (χ1) is 17.9. The van der Waals surface area contributed by atoms with Gasteiger partial charge in [0.1, 0.15) is 6.10 Å². The Bertz CT molecular complexity index is 963. The van der Waals surface area contributed by atoms with E-state index in [1.54, 1.807) is 12.5 Å². The Hall–Kier alpha value is -1.40. The molecule has 4 fully saturated rings. The predicted molar refractivity (Wildman–Crippen MR) is 147 cm³/mol. The van der Waals surface area contributed by atoms with Crippen LogP contribution < -0.4 is 5.32 Å². The highest BCUT2D eigenvalue weighted by Crippen LogP contribution is 2.70. The average Bonchev–Trinajstić information content (AvgIpc) is 3.31. The summed E-state index contributed by atoms with van der Waals surface area (Å²) in [6.45, 7) is 13.5. The first-order valence-electron chi connectivity index (χ1n) is 15.3. The number of esters is 1. The Labute approximate surface area is 230 Å². The van der Waals surface area contributed by atoms with Crippen molar-refractivity contribution in [3.05, 3.63) is 11.6 Å².